The number of hydrazine groups is 1. The van der Waals surface area contributed by atoms with Crippen LogP contribution in [0.4, 0.5) is 0 Å². The molecule has 0 aromatic heterocycles. The largest absolute Gasteiger partial charge is 0.480 e. The van der Waals surface area contributed by atoms with Gasteiger partial charge in [0.05, 0.1) is 0 Å². The lowest BCUT2D eigenvalue weighted by Crippen LogP contribution is -2.49. The van der Waals surface area contributed by atoms with E-state index in [0.717, 1.165) is 24.3 Å². The maximum absolute atomic E-state index is 11.8. The van der Waals surface area contributed by atoms with Gasteiger partial charge < -0.3 is 10.2 Å². The van der Waals surface area contributed by atoms with E-state index < -0.39 is 18.7 Å². The number of nitrogens with one attached hydrogen (secondary N) is 1. The van der Waals surface area contributed by atoms with E-state index in [0.29, 0.717) is 6.42 Å². The Morgan fingerprint density at radius 3 is 1.54 bits per heavy atom. The van der Waals surface area contributed by atoms with Crippen molar-refractivity contribution in [1.82, 2.24) is 10.4 Å². The number of hydrogen-bond donors (Lipinski definition) is 3. The molecule has 0 aromatic carbocycles. The molecule has 0 saturated heterocycles. The van der Waals surface area contributed by atoms with Gasteiger partial charge in [-0.05, 0) is 13.3 Å². The molecule has 0 aromatic rings. The predicted molar refractivity (Wildman–Crippen MR) is 114 cm³/mol. The van der Waals surface area contributed by atoms with Gasteiger partial charge in [-0.3, -0.25) is 15.0 Å². The second-order valence-corrected chi connectivity index (χ2v) is 7.89. The van der Waals surface area contributed by atoms with Crippen LogP contribution in [0.15, 0.2) is 0 Å². The van der Waals surface area contributed by atoms with E-state index in [1.165, 1.54) is 84.0 Å². The van der Waals surface area contributed by atoms with Crippen LogP contribution in [0.1, 0.15) is 117 Å². The van der Waals surface area contributed by atoms with Gasteiger partial charge >= 0.3 is 5.97 Å². The molecule has 166 valence electrons. The third-order valence-electron chi connectivity index (χ3n) is 5.03. The lowest BCUT2D eigenvalue weighted by molar-refractivity contribution is -0.146. The smallest absolute Gasteiger partial charge is 0.319 e. The van der Waals surface area contributed by atoms with Gasteiger partial charge in [0.2, 0.25) is 5.91 Å². The van der Waals surface area contributed by atoms with Crippen LogP contribution < -0.4 is 5.43 Å². The van der Waals surface area contributed by atoms with E-state index in [2.05, 4.69) is 12.3 Å². The first kappa shape index (κ1) is 26.9. The number of unbranched alkanes of at least 4 members (excludes halogenated alkanes) is 14. The first-order valence-corrected chi connectivity index (χ1v) is 11.4. The van der Waals surface area contributed by atoms with E-state index >= 15 is 0 Å². The summed E-state index contributed by atoms with van der Waals surface area (Å²) in [5, 5.41) is 19.3. The number of aliphatic hydroxyl groups is 1. The van der Waals surface area contributed by atoms with Gasteiger partial charge in [-0.2, -0.15) is 5.01 Å². The number of carboxylic acids is 1. The third-order valence-corrected chi connectivity index (χ3v) is 5.03. The van der Waals surface area contributed by atoms with Crippen LogP contribution in [0, 0.1) is 0 Å². The monoisotopic (exact) mass is 400 g/mol. The average Bonchev–Trinajstić information content (AvgIpc) is 2.64. The number of carboxylic acid groups (broad SMARTS) is 1. The molecule has 0 aliphatic rings. The highest BCUT2D eigenvalue weighted by Gasteiger charge is 2.16. The summed E-state index contributed by atoms with van der Waals surface area (Å²) in [6.45, 7) is 3.27. The predicted octanol–water partition coefficient (Wildman–Crippen LogP) is 5.00. The molecular formula is C22H44N2O4. The number of hydrogen-bond acceptors (Lipinski definition) is 4. The lowest BCUT2D eigenvalue weighted by Gasteiger charge is -2.23. The summed E-state index contributed by atoms with van der Waals surface area (Å²) in [5.41, 5.74) is 2.46. The maximum atomic E-state index is 11.8. The molecule has 6 heteroatoms. The van der Waals surface area contributed by atoms with E-state index in [9.17, 15) is 14.7 Å². The zero-order chi connectivity index (χ0) is 21.0. The highest BCUT2D eigenvalue weighted by atomic mass is 16.4. The number of rotatable bonds is 20. The molecule has 0 radical (unpaired) electrons. The molecular weight excluding hydrogens is 356 g/mol. The van der Waals surface area contributed by atoms with Crippen molar-refractivity contribution in [2.45, 2.75) is 123 Å². The third kappa shape index (κ3) is 18.2. The Morgan fingerprint density at radius 2 is 1.18 bits per heavy atom. The Hall–Kier alpha value is -1.14. The first-order chi connectivity index (χ1) is 13.5. The molecule has 1 atom stereocenters. The first-order valence-electron chi connectivity index (χ1n) is 11.4. The van der Waals surface area contributed by atoms with Crippen LogP contribution in [-0.4, -0.2) is 39.9 Å². The summed E-state index contributed by atoms with van der Waals surface area (Å²) in [4.78, 5) is 22.5. The normalized spacial score (nSPS) is 12.3. The summed E-state index contributed by atoms with van der Waals surface area (Å²) < 4.78 is 0. The Balaban J connectivity index is 3.40. The van der Waals surface area contributed by atoms with Crippen LogP contribution in [0.5, 0.6) is 0 Å². The van der Waals surface area contributed by atoms with Gasteiger partial charge in [0.15, 0.2) is 0 Å². The number of nitrogens with zero attached hydrogens (tertiary/aromatic N) is 1. The second-order valence-electron chi connectivity index (χ2n) is 7.89. The Morgan fingerprint density at radius 1 is 0.786 bits per heavy atom. The second kappa shape index (κ2) is 19.2. The van der Waals surface area contributed by atoms with Crippen LogP contribution in [0.25, 0.3) is 0 Å². The number of carbonyl (C=O) groups excluding carboxylic acids is 1. The maximum Gasteiger partial charge on any atom is 0.319 e. The summed E-state index contributed by atoms with van der Waals surface area (Å²) in [6.07, 6.45) is 18.5. The van der Waals surface area contributed by atoms with E-state index in [4.69, 9.17) is 5.11 Å². The number of carbonyl (C=O) groups is 2. The fraction of sp³-hybridized carbons (Fsp3) is 0.909. The van der Waals surface area contributed by atoms with Crippen molar-refractivity contribution in [3.8, 4) is 0 Å². The van der Waals surface area contributed by atoms with Gasteiger partial charge in [0, 0.05) is 6.42 Å². The fourth-order valence-electron chi connectivity index (χ4n) is 3.28. The molecule has 0 spiro atoms. The van der Waals surface area contributed by atoms with E-state index in [1.807, 2.05) is 0 Å². The van der Waals surface area contributed by atoms with E-state index in [1.54, 1.807) is 0 Å². The minimum Gasteiger partial charge on any atom is -0.480 e. The minimum absolute atomic E-state index is 0.239. The van der Waals surface area contributed by atoms with Gasteiger partial charge in [0.25, 0.3) is 0 Å². The lowest BCUT2D eigenvalue weighted by atomic mass is 10.0. The zero-order valence-corrected chi connectivity index (χ0v) is 18.3. The van der Waals surface area contributed by atoms with Gasteiger partial charge in [-0.25, -0.2) is 0 Å². The van der Waals surface area contributed by atoms with Gasteiger partial charge in [-0.15, -0.1) is 0 Å². The molecule has 0 heterocycles. The topological polar surface area (TPSA) is 89.9 Å². The number of aliphatic carboxylic acids is 1. The van der Waals surface area contributed by atoms with Crippen molar-refractivity contribution < 1.29 is 19.8 Å². The molecule has 0 bridgehead atoms. The molecule has 3 N–H and O–H groups in total. The molecule has 1 amide bonds. The highest BCUT2D eigenvalue weighted by Crippen LogP contribution is 2.13. The van der Waals surface area contributed by atoms with Crippen LogP contribution in [0.2, 0.25) is 0 Å². The molecule has 0 rings (SSSR count). The summed E-state index contributed by atoms with van der Waals surface area (Å²) in [5.74, 6) is -1.33. The Labute approximate surface area is 172 Å². The van der Waals surface area contributed by atoms with Crippen molar-refractivity contribution in [2.24, 2.45) is 0 Å². The highest BCUT2D eigenvalue weighted by molar-refractivity contribution is 5.76. The quantitative estimate of drug-likeness (QED) is 0.152. The number of aliphatic hydroxyl groups excluding tert-OH is 1. The molecule has 0 aliphatic carbocycles. The van der Waals surface area contributed by atoms with Crippen molar-refractivity contribution in [3.05, 3.63) is 0 Å². The molecule has 0 saturated carbocycles. The molecule has 28 heavy (non-hydrogen) atoms. The average molecular weight is 401 g/mol. The van der Waals surface area contributed by atoms with Crippen molar-refractivity contribution in [2.75, 3.05) is 6.54 Å². The SMILES string of the molecule is CCCCCCCCCCCCCCCCCC(=O)NN(CC(=O)O)C(C)O. The Bertz CT molecular complexity index is 389. The molecule has 1 unspecified atom stereocenters. The van der Waals surface area contributed by atoms with Crippen LogP contribution in [-0.2, 0) is 9.59 Å². The summed E-state index contributed by atoms with van der Waals surface area (Å²) >= 11 is 0. The summed E-state index contributed by atoms with van der Waals surface area (Å²) in [7, 11) is 0. The van der Waals surface area contributed by atoms with Crippen LogP contribution in [0.3, 0.4) is 0 Å². The van der Waals surface area contributed by atoms with Crippen molar-refractivity contribution in [3.63, 3.8) is 0 Å². The minimum atomic E-state index is -1.09. The van der Waals surface area contributed by atoms with Gasteiger partial charge in [-0.1, -0.05) is 96.8 Å². The summed E-state index contributed by atoms with van der Waals surface area (Å²) in [6, 6.07) is 0. The molecule has 6 nitrogen and oxygen atoms in total. The molecule has 0 aliphatic heterocycles. The standard InChI is InChI=1S/C22H44N2O4/c1-3-4-5-6-7-8-9-10-11-12-13-14-15-16-17-18-21(26)23-24(20(2)25)19-22(27)28/h20,25H,3-19H2,1-2H3,(H,23,26)(H,27,28). The van der Waals surface area contributed by atoms with E-state index in [-0.39, 0.29) is 5.91 Å². The molecule has 0 fully saturated rings. The van der Waals surface area contributed by atoms with Crippen LogP contribution >= 0.6 is 0 Å². The van der Waals surface area contributed by atoms with Crippen molar-refractivity contribution in [1.29, 1.82) is 0 Å². The Kier molecular flexibility index (Phi) is 18.4. The zero-order valence-electron chi connectivity index (χ0n) is 18.3. The number of amides is 1. The fourth-order valence-corrected chi connectivity index (χ4v) is 3.28. The van der Waals surface area contributed by atoms with Gasteiger partial charge in [0.1, 0.15) is 12.8 Å². The van der Waals surface area contributed by atoms with Crippen molar-refractivity contribution >= 4 is 11.9 Å².